The standard InChI is InChI=1S/C13H14BrClN2O/c1-2-5-16-8-13-17-7-12(18-13)10-4-3-9(14)6-11(10)15/h3-4,6-7,16H,2,5,8H2,1H3. The molecule has 0 saturated heterocycles. The van der Waals surface area contributed by atoms with Gasteiger partial charge in [0.05, 0.1) is 17.8 Å². The predicted molar refractivity (Wildman–Crippen MR) is 76.6 cm³/mol. The van der Waals surface area contributed by atoms with Crippen LogP contribution in [0.5, 0.6) is 0 Å². The molecule has 18 heavy (non-hydrogen) atoms. The van der Waals surface area contributed by atoms with Crippen LogP contribution in [-0.2, 0) is 6.54 Å². The lowest BCUT2D eigenvalue weighted by molar-refractivity contribution is 0.478. The summed E-state index contributed by atoms with van der Waals surface area (Å²) in [5, 5.41) is 3.89. The molecule has 96 valence electrons. The smallest absolute Gasteiger partial charge is 0.208 e. The van der Waals surface area contributed by atoms with Gasteiger partial charge in [-0.25, -0.2) is 4.98 Å². The lowest BCUT2D eigenvalue weighted by Crippen LogP contribution is -2.13. The van der Waals surface area contributed by atoms with Crippen LogP contribution in [0.4, 0.5) is 0 Å². The number of rotatable bonds is 5. The SMILES string of the molecule is CCCNCc1ncc(-c2ccc(Br)cc2Cl)o1. The summed E-state index contributed by atoms with van der Waals surface area (Å²) < 4.78 is 6.61. The number of hydrogen-bond acceptors (Lipinski definition) is 3. The lowest BCUT2D eigenvalue weighted by Gasteiger charge is -2.01. The third-order valence-electron chi connectivity index (χ3n) is 2.45. The van der Waals surface area contributed by atoms with Crippen molar-refractivity contribution in [3.63, 3.8) is 0 Å². The third-order valence-corrected chi connectivity index (χ3v) is 3.26. The van der Waals surface area contributed by atoms with Crippen LogP contribution in [0, 0.1) is 0 Å². The summed E-state index contributed by atoms with van der Waals surface area (Å²) in [5.41, 5.74) is 0.856. The van der Waals surface area contributed by atoms with Gasteiger partial charge in [0.15, 0.2) is 5.76 Å². The van der Waals surface area contributed by atoms with Gasteiger partial charge < -0.3 is 9.73 Å². The molecule has 0 aliphatic heterocycles. The van der Waals surface area contributed by atoms with E-state index in [4.69, 9.17) is 16.0 Å². The number of aromatic nitrogens is 1. The first-order valence-corrected chi connectivity index (χ1v) is 6.98. The van der Waals surface area contributed by atoms with Gasteiger partial charge in [-0.3, -0.25) is 0 Å². The maximum Gasteiger partial charge on any atom is 0.208 e. The highest BCUT2D eigenvalue weighted by Gasteiger charge is 2.09. The largest absolute Gasteiger partial charge is 0.439 e. The fourth-order valence-corrected chi connectivity index (χ4v) is 2.34. The van der Waals surface area contributed by atoms with E-state index in [0.717, 1.165) is 23.0 Å². The molecule has 1 aromatic carbocycles. The number of halogens is 2. The van der Waals surface area contributed by atoms with Crippen molar-refractivity contribution in [2.75, 3.05) is 6.54 Å². The van der Waals surface area contributed by atoms with Crippen LogP contribution in [0.1, 0.15) is 19.2 Å². The molecule has 0 aliphatic carbocycles. The quantitative estimate of drug-likeness (QED) is 0.833. The van der Waals surface area contributed by atoms with Gasteiger partial charge in [0.1, 0.15) is 0 Å². The number of nitrogens with one attached hydrogen (secondary N) is 1. The first-order chi connectivity index (χ1) is 8.70. The Morgan fingerprint density at radius 2 is 2.28 bits per heavy atom. The van der Waals surface area contributed by atoms with Crippen LogP contribution in [-0.4, -0.2) is 11.5 Å². The zero-order valence-electron chi connectivity index (χ0n) is 10.0. The summed E-state index contributed by atoms with van der Waals surface area (Å²) in [6.45, 7) is 3.72. The molecular weight excluding hydrogens is 316 g/mol. The van der Waals surface area contributed by atoms with E-state index in [-0.39, 0.29) is 0 Å². The zero-order chi connectivity index (χ0) is 13.0. The molecule has 1 aromatic heterocycles. The normalized spacial score (nSPS) is 10.8. The van der Waals surface area contributed by atoms with Crippen molar-refractivity contribution >= 4 is 27.5 Å². The summed E-state index contributed by atoms with van der Waals surface area (Å²) in [6.07, 6.45) is 2.80. The second-order valence-electron chi connectivity index (χ2n) is 3.92. The van der Waals surface area contributed by atoms with Gasteiger partial charge in [0.2, 0.25) is 5.89 Å². The van der Waals surface area contributed by atoms with Gasteiger partial charge in [0.25, 0.3) is 0 Å². The van der Waals surface area contributed by atoms with Crippen LogP contribution in [0.15, 0.2) is 33.3 Å². The van der Waals surface area contributed by atoms with E-state index in [9.17, 15) is 0 Å². The summed E-state index contributed by atoms with van der Waals surface area (Å²) >= 11 is 9.54. The first kappa shape index (κ1) is 13.6. The molecular formula is C13H14BrClN2O. The molecule has 2 aromatic rings. The topological polar surface area (TPSA) is 38.1 Å². The fraction of sp³-hybridized carbons (Fsp3) is 0.308. The van der Waals surface area contributed by atoms with Gasteiger partial charge in [0, 0.05) is 10.0 Å². The maximum absolute atomic E-state index is 6.17. The summed E-state index contributed by atoms with van der Waals surface area (Å²) in [5.74, 6) is 1.37. The van der Waals surface area contributed by atoms with Gasteiger partial charge in [-0.2, -0.15) is 0 Å². The van der Waals surface area contributed by atoms with Crippen molar-refractivity contribution in [2.45, 2.75) is 19.9 Å². The van der Waals surface area contributed by atoms with Gasteiger partial charge in [-0.15, -0.1) is 0 Å². The summed E-state index contributed by atoms with van der Waals surface area (Å²) in [6, 6.07) is 5.68. The molecule has 5 heteroatoms. The molecule has 0 aliphatic rings. The minimum Gasteiger partial charge on any atom is -0.439 e. The van der Waals surface area contributed by atoms with E-state index in [2.05, 4.69) is 33.2 Å². The summed E-state index contributed by atoms with van der Waals surface area (Å²) in [7, 11) is 0. The molecule has 3 nitrogen and oxygen atoms in total. The second-order valence-corrected chi connectivity index (χ2v) is 5.24. The maximum atomic E-state index is 6.17. The van der Waals surface area contributed by atoms with Crippen molar-refractivity contribution in [1.82, 2.24) is 10.3 Å². The van der Waals surface area contributed by atoms with Crippen molar-refractivity contribution in [3.05, 3.63) is 39.8 Å². The summed E-state index contributed by atoms with van der Waals surface area (Å²) in [4.78, 5) is 4.23. The molecule has 2 rings (SSSR count). The Morgan fingerprint density at radius 1 is 1.44 bits per heavy atom. The molecule has 0 spiro atoms. The Hall–Kier alpha value is -0.840. The van der Waals surface area contributed by atoms with Gasteiger partial charge in [-0.1, -0.05) is 34.5 Å². The second kappa shape index (κ2) is 6.36. The minimum atomic E-state index is 0.641. The lowest BCUT2D eigenvalue weighted by atomic mass is 10.2. The van der Waals surface area contributed by atoms with E-state index in [1.807, 2.05) is 18.2 Å². The molecule has 0 amide bonds. The number of oxazole rings is 1. The van der Waals surface area contributed by atoms with Crippen LogP contribution < -0.4 is 5.32 Å². The molecule has 0 saturated carbocycles. The first-order valence-electron chi connectivity index (χ1n) is 5.81. The highest BCUT2D eigenvalue weighted by Crippen LogP contribution is 2.30. The van der Waals surface area contributed by atoms with Crippen molar-refractivity contribution in [2.24, 2.45) is 0 Å². The van der Waals surface area contributed by atoms with Crippen LogP contribution in [0.25, 0.3) is 11.3 Å². The highest BCUT2D eigenvalue weighted by molar-refractivity contribution is 9.10. The molecule has 0 atom stereocenters. The Labute approximate surface area is 120 Å². The van der Waals surface area contributed by atoms with Crippen molar-refractivity contribution in [3.8, 4) is 11.3 Å². The molecule has 1 N–H and O–H groups in total. The number of hydrogen-bond donors (Lipinski definition) is 1. The monoisotopic (exact) mass is 328 g/mol. The molecule has 1 heterocycles. The van der Waals surface area contributed by atoms with E-state index in [1.54, 1.807) is 6.20 Å². The van der Waals surface area contributed by atoms with Crippen LogP contribution in [0.3, 0.4) is 0 Å². The Kier molecular flexibility index (Phi) is 4.80. The van der Waals surface area contributed by atoms with Gasteiger partial charge >= 0.3 is 0 Å². The van der Waals surface area contributed by atoms with E-state index >= 15 is 0 Å². The minimum absolute atomic E-state index is 0.641. The molecule has 0 fully saturated rings. The van der Waals surface area contributed by atoms with Crippen LogP contribution >= 0.6 is 27.5 Å². The number of nitrogens with zero attached hydrogens (tertiary/aromatic N) is 1. The van der Waals surface area contributed by atoms with E-state index in [0.29, 0.717) is 23.2 Å². The Morgan fingerprint density at radius 3 is 3.00 bits per heavy atom. The van der Waals surface area contributed by atoms with E-state index < -0.39 is 0 Å². The third kappa shape index (κ3) is 3.34. The Balaban J connectivity index is 2.13. The number of benzene rings is 1. The van der Waals surface area contributed by atoms with Crippen molar-refractivity contribution in [1.29, 1.82) is 0 Å². The fourth-order valence-electron chi connectivity index (χ4n) is 1.58. The average molecular weight is 330 g/mol. The zero-order valence-corrected chi connectivity index (χ0v) is 12.4. The van der Waals surface area contributed by atoms with Crippen molar-refractivity contribution < 1.29 is 4.42 Å². The Bertz CT molecular complexity index is 527. The molecule has 0 bridgehead atoms. The molecule has 0 unspecified atom stereocenters. The highest BCUT2D eigenvalue weighted by atomic mass is 79.9. The van der Waals surface area contributed by atoms with E-state index in [1.165, 1.54) is 0 Å². The average Bonchev–Trinajstić information content (AvgIpc) is 2.78. The molecule has 0 radical (unpaired) electrons. The van der Waals surface area contributed by atoms with Crippen LogP contribution in [0.2, 0.25) is 5.02 Å². The van der Waals surface area contributed by atoms with Gasteiger partial charge in [-0.05, 0) is 31.2 Å². The predicted octanol–water partition coefficient (Wildman–Crippen LogP) is 4.26.